The summed E-state index contributed by atoms with van der Waals surface area (Å²) in [5, 5.41) is 33.1. The molecule has 146 valence electrons. The molecule has 0 aromatic rings. The zero-order valence-electron chi connectivity index (χ0n) is 16.5. The van der Waals surface area contributed by atoms with Crippen LogP contribution in [-0.2, 0) is 9.53 Å². The van der Waals surface area contributed by atoms with E-state index in [4.69, 9.17) is 4.74 Å². The third-order valence-corrected chi connectivity index (χ3v) is 6.81. The van der Waals surface area contributed by atoms with Crippen LogP contribution in [0.3, 0.4) is 0 Å². The molecule has 0 bridgehead atoms. The van der Waals surface area contributed by atoms with E-state index in [1.165, 1.54) is 0 Å². The third kappa shape index (κ3) is 2.80. The van der Waals surface area contributed by atoms with Gasteiger partial charge in [-0.3, -0.25) is 4.79 Å². The van der Waals surface area contributed by atoms with Gasteiger partial charge in [0.1, 0.15) is 11.2 Å². The lowest BCUT2D eigenvalue weighted by atomic mass is 9.73. The van der Waals surface area contributed by atoms with E-state index in [2.05, 4.69) is 0 Å². The van der Waals surface area contributed by atoms with Gasteiger partial charge in [-0.15, -0.1) is 0 Å². The smallest absolute Gasteiger partial charge is 0.191 e. The zero-order valence-corrected chi connectivity index (χ0v) is 16.5. The van der Waals surface area contributed by atoms with Crippen molar-refractivity contribution in [3.8, 4) is 0 Å². The predicted octanol–water partition coefficient (Wildman–Crippen LogP) is 2.00. The lowest BCUT2D eigenvalue weighted by Gasteiger charge is -2.36. The van der Waals surface area contributed by atoms with Gasteiger partial charge < -0.3 is 20.1 Å². The number of carbonyl (C=O) groups excluding carboxylic acids is 1. The number of Topliss-reactive ketones (excluding diaryl/α,β-unsaturated/α-hetero) is 1. The first kappa shape index (κ1) is 19.7. The minimum absolute atomic E-state index is 0.0217. The maximum Gasteiger partial charge on any atom is 0.191 e. The number of methoxy groups -OCH3 is 1. The third-order valence-electron chi connectivity index (χ3n) is 6.81. The normalized spacial score (nSPS) is 45.3. The molecule has 5 heteroatoms. The van der Waals surface area contributed by atoms with Crippen molar-refractivity contribution in [2.75, 3.05) is 13.7 Å². The second kappa shape index (κ2) is 6.55. The van der Waals surface area contributed by atoms with E-state index in [0.29, 0.717) is 18.4 Å². The van der Waals surface area contributed by atoms with E-state index >= 15 is 0 Å². The summed E-state index contributed by atoms with van der Waals surface area (Å²) in [4.78, 5) is 12.9. The lowest BCUT2D eigenvalue weighted by molar-refractivity contribution is -0.132. The average molecular weight is 364 g/mol. The summed E-state index contributed by atoms with van der Waals surface area (Å²) in [7, 11) is 1.56. The van der Waals surface area contributed by atoms with Crippen molar-refractivity contribution < 1.29 is 24.9 Å². The maximum atomic E-state index is 12.9. The van der Waals surface area contributed by atoms with Gasteiger partial charge in [0.05, 0.1) is 12.7 Å². The largest absolute Gasteiger partial charge is 0.392 e. The van der Waals surface area contributed by atoms with Crippen LogP contribution in [0, 0.1) is 23.7 Å². The predicted molar refractivity (Wildman–Crippen MR) is 98.4 cm³/mol. The number of aliphatic hydroxyl groups excluding tert-OH is 1. The maximum absolute atomic E-state index is 12.9. The van der Waals surface area contributed by atoms with Crippen molar-refractivity contribution in [1.82, 2.24) is 0 Å². The van der Waals surface area contributed by atoms with Crippen molar-refractivity contribution in [2.24, 2.45) is 23.7 Å². The van der Waals surface area contributed by atoms with Gasteiger partial charge in [-0.1, -0.05) is 32.4 Å². The van der Waals surface area contributed by atoms with Crippen LogP contribution in [0.15, 0.2) is 22.8 Å². The number of rotatable bonds is 3. The molecule has 3 aliphatic rings. The number of carbonyl (C=O) groups is 1. The number of ketones is 1. The average Bonchev–Trinajstić information content (AvgIpc) is 2.94. The Morgan fingerprint density at radius 1 is 1.35 bits per heavy atom. The molecule has 3 aliphatic carbocycles. The highest BCUT2D eigenvalue weighted by atomic mass is 16.5. The van der Waals surface area contributed by atoms with E-state index in [1.54, 1.807) is 14.0 Å². The van der Waals surface area contributed by atoms with E-state index in [1.807, 2.05) is 26.8 Å². The summed E-state index contributed by atoms with van der Waals surface area (Å²) in [6.07, 6.45) is 3.03. The Morgan fingerprint density at radius 3 is 2.58 bits per heavy atom. The highest BCUT2D eigenvalue weighted by Crippen LogP contribution is 2.52. The van der Waals surface area contributed by atoms with E-state index in [0.717, 1.165) is 17.6 Å². The molecular formula is C21H32O5. The Hall–Kier alpha value is -1.01. The van der Waals surface area contributed by atoms with E-state index in [-0.39, 0.29) is 30.1 Å². The molecule has 6 atom stereocenters. The van der Waals surface area contributed by atoms with Gasteiger partial charge in [0.15, 0.2) is 5.78 Å². The first-order valence-electron chi connectivity index (χ1n) is 9.66. The Labute approximate surface area is 155 Å². The number of hydrogen-bond donors (Lipinski definition) is 3. The van der Waals surface area contributed by atoms with Gasteiger partial charge in [-0.2, -0.15) is 0 Å². The molecule has 0 radical (unpaired) electrons. The molecule has 5 nitrogen and oxygen atoms in total. The van der Waals surface area contributed by atoms with Crippen molar-refractivity contribution in [2.45, 2.75) is 64.3 Å². The molecule has 26 heavy (non-hydrogen) atoms. The van der Waals surface area contributed by atoms with Crippen molar-refractivity contribution in [3.63, 3.8) is 0 Å². The molecule has 3 rings (SSSR count). The van der Waals surface area contributed by atoms with Gasteiger partial charge in [0.25, 0.3) is 0 Å². The van der Waals surface area contributed by atoms with Crippen LogP contribution in [0.4, 0.5) is 0 Å². The molecule has 1 unspecified atom stereocenters. The fraction of sp³-hybridized carbons (Fsp3) is 0.762. The minimum Gasteiger partial charge on any atom is -0.392 e. The fourth-order valence-electron chi connectivity index (χ4n) is 5.32. The van der Waals surface area contributed by atoms with Crippen LogP contribution >= 0.6 is 0 Å². The van der Waals surface area contributed by atoms with Gasteiger partial charge in [0.2, 0.25) is 0 Å². The molecule has 0 heterocycles. The molecule has 0 saturated heterocycles. The quantitative estimate of drug-likeness (QED) is 0.667. The van der Waals surface area contributed by atoms with Gasteiger partial charge in [-0.05, 0) is 49.5 Å². The molecular weight excluding hydrogens is 332 g/mol. The van der Waals surface area contributed by atoms with Crippen LogP contribution in [0.25, 0.3) is 0 Å². The van der Waals surface area contributed by atoms with Crippen molar-refractivity contribution in [1.29, 1.82) is 0 Å². The highest BCUT2D eigenvalue weighted by molar-refractivity contribution is 6.06. The Balaban J connectivity index is 2.20. The van der Waals surface area contributed by atoms with Crippen LogP contribution in [0.5, 0.6) is 0 Å². The number of hydrogen-bond acceptors (Lipinski definition) is 5. The zero-order chi connectivity index (χ0) is 19.4. The molecule has 0 spiro atoms. The lowest BCUT2D eigenvalue weighted by Crippen LogP contribution is -2.42. The number of fused-ring (bicyclic) bond motifs is 2. The Morgan fingerprint density at radius 2 is 2.00 bits per heavy atom. The monoisotopic (exact) mass is 364 g/mol. The summed E-state index contributed by atoms with van der Waals surface area (Å²) in [5.41, 5.74) is -0.369. The van der Waals surface area contributed by atoms with Gasteiger partial charge >= 0.3 is 0 Å². The second-order valence-corrected chi connectivity index (χ2v) is 8.91. The van der Waals surface area contributed by atoms with E-state index in [9.17, 15) is 20.1 Å². The Bertz CT molecular complexity index is 659. The fourth-order valence-corrected chi connectivity index (χ4v) is 5.32. The minimum atomic E-state index is -1.54. The molecule has 0 aromatic carbocycles. The molecule has 1 saturated carbocycles. The highest BCUT2D eigenvalue weighted by Gasteiger charge is 2.54. The summed E-state index contributed by atoms with van der Waals surface area (Å²) in [6, 6.07) is 0. The van der Waals surface area contributed by atoms with Crippen LogP contribution in [0.2, 0.25) is 0 Å². The molecule has 1 fully saturated rings. The number of ether oxygens (including phenoxy) is 1. The van der Waals surface area contributed by atoms with Crippen LogP contribution in [-0.4, -0.2) is 52.1 Å². The van der Waals surface area contributed by atoms with Crippen LogP contribution < -0.4 is 0 Å². The summed E-state index contributed by atoms with van der Waals surface area (Å²) in [6.45, 7) is 7.63. The Kier molecular flexibility index (Phi) is 4.98. The first-order chi connectivity index (χ1) is 12.0. The topological polar surface area (TPSA) is 87.0 Å². The van der Waals surface area contributed by atoms with Crippen molar-refractivity contribution in [3.05, 3.63) is 22.8 Å². The summed E-state index contributed by atoms with van der Waals surface area (Å²) >= 11 is 0. The van der Waals surface area contributed by atoms with Crippen molar-refractivity contribution >= 4 is 5.78 Å². The first-order valence-corrected chi connectivity index (χ1v) is 9.66. The van der Waals surface area contributed by atoms with E-state index < -0.39 is 23.2 Å². The van der Waals surface area contributed by atoms with Gasteiger partial charge in [-0.25, -0.2) is 0 Å². The summed E-state index contributed by atoms with van der Waals surface area (Å²) in [5.74, 6) is -0.786. The summed E-state index contributed by atoms with van der Waals surface area (Å²) < 4.78 is 5.26. The SMILES string of the molecule is COC[C@@]1(O)CCC2/C1=C\[C@@H]1C(=C(C(C)C)C(=O)[C@]1(C)O)C[C@H](O)[C@@H]2C. The molecule has 0 aliphatic heterocycles. The second-order valence-electron chi connectivity index (χ2n) is 8.91. The van der Waals surface area contributed by atoms with Crippen LogP contribution in [0.1, 0.15) is 47.0 Å². The van der Waals surface area contributed by atoms with Gasteiger partial charge in [0, 0.05) is 18.6 Å². The standard InChI is InChI=1S/C21H32O5/c1-11(2)18-14-8-17(22)12(3)13-6-7-21(25,10-26-5)16(13)9-15(14)20(4,24)19(18)23/h9,11-13,15,17,22,24-25H,6-8,10H2,1-5H3/b16-9+/t12-,13?,15-,17+,20-,21+/m1/s1. The molecule has 0 amide bonds. The number of aliphatic hydroxyl groups is 3. The molecule has 3 N–H and O–H groups in total. The molecule has 0 aromatic heterocycles.